The minimum absolute atomic E-state index is 0.192. The molecule has 2 aromatic carbocycles. The molecule has 26 heavy (non-hydrogen) atoms. The largest absolute Gasteiger partial charge is 0.456 e. The first-order valence-electron chi connectivity index (χ1n) is 8.12. The second-order valence-corrected chi connectivity index (χ2v) is 7.13. The lowest BCUT2D eigenvalue weighted by Gasteiger charge is -2.07. The first-order valence-corrected chi connectivity index (χ1v) is 9.31. The van der Waals surface area contributed by atoms with Gasteiger partial charge < -0.3 is 10.1 Å². The molecule has 0 saturated heterocycles. The Labute approximate surface area is 160 Å². The number of thiazole rings is 1. The third-order valence-corrected chi connectivity index (χ3v) is 5.14. The molecule has 0 saturated carbocycles. The van der Waals surface area contributed by atoms with Crippen LogP contribution < -0.4 is 5.32 Å². The standard InChI is InChI=1S/C19H17ClN2O3S/c20-14-6-2-1-5-13(14)11-21-17(23)12-25-19(24)10-9-18-22-15-7-3-4-8-16(15)26-18/h1-8H,9-12H2,(H,21,23). The Morgan fingerprint density at radius 3 is 2.69 bits per heavy atom. The summed E-state index contributed by atoms with van der Waals surface area (Å²) < 4.78 is 6.10. The zero-order valence-electron chi connectivity index (χ0n) is 13.9. The van der Waals surface area contributed by atoms with Crippen molar-refractivity contribution < 1.29 is 14.3 Å². The average Bonchev–Trinajstić information content (AvgIpc) is 3.07. The molecule has 0 radical (unpaired) electrons. The van der Waals surface area contributed by atoms with Crippen molar-refractivity contribution in [1.29, 1.82) is 0 Å². The van der Waals surface area contributed by atoms with Gasteiger partial charge in [0.15, 0.2) is 6.61 Å². The fraction of sp³-hybridized carbons (Fsp3) is 0.211. The van der Waals surface area contributed by atoms with E-state index in [-0.39, 0.29) is 18.9 Å². The molecule has 1 heterocycles. The number of esters is 1. The van der Waals surface area contributed by atoms with Gasteiger partial charge in [0.05, 0.1) is 21.6 Å². The minimum Gasteiger partial charge on any atom is -0.456 e. The Morgan fingerprint density at radius 1 is 1.12 bits per heavy atom. The van der Waals surface area contributed by atoms with Crippen LogP contribution in [-0.2, 0) is 27.3 Å². The van der Waals surface area contributed by atoms with Crippen LogP contribution in [0.4, 0.5) is 0 Å². The molecule has 134 valence electrons. The van der Waals surface area contributed by atoms with E-state index in [1.54, 1.807) is 17.4 Å². The fourth-order valence-corrected chi connectivity index (χ4v) is 3.51. The number of nitrogens with zero attached hydrogens (tertiary/aromatic N) is 1. The number of amides is 1. The van der Waals surface area contributed by atoms with E-state index in [4.69, 9.17) is 16.3 Å². The highest BCUT2D eigenvalue weighted by Gasteiger charge is 2.10. The summed E-state index contributed by atoms with van der Waals surface area (Å²) in [5.74, 6) is -0.782. The van der Waals surface area contributed by atoms with Gasteiger partial charge in [0.25, 0.3) is 5.91 Å². The Bertz CT molecular complexity index is 893. The smallest absolute Gasteiger partial charge is 0.306 e. The molecule has 0 aliphatic rings. The van der Waals surface area contributed by atoms with Crippen molar-refractivity contribution >= 4 is 45.0 Å². The molecule has 0 aliphatic heterocycles. The molecule has 0 spiro atoms. The number of halogens is 1. The van der Waals surface area contributed by atoms with Gasteiger partial charge in [0, 0.05) is 18.0 Å². The van der Waals surface area contributed by atoms with Gasteiger partial charge in [-0.15, -0.1) is 11.3 Å². The van der Waals surface area contributed by atoms with Crippen LogP contribution in [-0.4, -0.2) is 23.5 Å². The van der Waals surface area contributed by atoms with Crippen molar-refractivity contribution in [2.24, 2.45) is 0 Å². The van der Waals surface area contributed by atoms with Crippen LogP contribution in [0.3, 0.4) is 0 Å². The van der Waals surface area contributed by atoms with Crippen molar-refractivity contribution in [3.05, 3.63) is 64.1 Å². The minimum atomic E-state index is -0.419. The predicted molar refractivity (Wildman–Crippen MR) is 102 cm³/mol. The number of benzene rings is 2. The first kappa shape index (κ1) is 18.4. The molecule has 3 aromatic rings. The number of fused-ring (bicyclic) bond motifs is 1. The third-order valence-electron chi connectivity index (χ3n) is 3.68. The van der Waals surface area contributed by atoms with Crippen LogP contribution in [0.1, 0.15) is 17.0 Å². The lowest BCUT2D eigenvalue weighted by Crippen LogP contribution is -2.28. The summed E-state index contributed by atoms with van der Waals surface area (Å²) in [6.45, 7) is -0.00904. The summed E-state index contributed by atoms with van der Waals surface area (Å²) in [6.07, 6.45) is 0.692. The molecule has 3 rings (SSSR count). The highest BCUT2D eigenvalue weighted by Crippen LogP contribution is 2.22. The molecule has 0 fully saturated rings. The van der Waals surface area contributed by atoms with Crippen LogP contribution in [0.2, 0.25) is 5.02 Å². The summed E-state index contributed by atoms with van der Waals surface area (Å²) in [6, 6.07) is 15.1. The van der Waals surface area contributed by atoms with E-state index in [9.17, 15) is 9.59 Å². The number of aromatic nitrogens is 1. The number of carbonyl (C=O) groups excluding carboxylic acids is 2. The SMILES string of the molecule is O=C(COC(=O)CCc1nc2ccccc2s1)NCc1ccccc1Cl. The van der Waals surface area contributed by atoms with Crippen LogP contribution in [0.15, 0.2) is 48.5 Å². The maximum atomic E-state index is 11.8. The molecule has 0 unspecified atom stereocenters. The Balaban J connectivity index is 1.39. The van der Waals surface area contributed by atoms with E-state index in [0.717, 1.165) is 20.8 Å². The Hall–Kier alpha value is -2.44. The van der Waals surface area contributed by atoms with Crippen molar-refractivity contribution in [3.8, 4) is 0 Å². The van der Waals surface area contributed by atoms with E-state index in [0.29, 0.717) is 18.0 Å². The van der Waals surface area contributed by atoms with E-state index < -0.39 is 5.97 Å². The van der Waals surface area contributed by atoms with Gasteiger partial charge >= 0.3 is 5.97 Å². The van der Waals surface area contributed by atoms with Crippen LogP contribution in [0.5, 0.6) is 0 Å². The predicted octanol–water partition coefficient (Wildman–Crippen LogP) is 3.74. The molecule has 1 amide bonds. The van der Waals surface area contributed by atoms with E-state index in [1.165, 1.54) is 0 Å². The second-order valence-electron chi connectivity index (χ2n) is 5.60. The van der Waals surface area contributed by atoms with Gasteiger partial charge in [-0.3, -0.25) is 9.59 Å². The number of carbonyl (C=O) groups is 2. The highest BCUT2D eigenvalue weighted by atomic mass is 35.5. The lowest BCUT2D eigenvalue weighted by molar-refractivity contribution is -0.148. The normalized spacial score (nSPS) is 10.7. The van der Waals surface area contributed by atoms with Crippen molar-refractivity contribution in [2.45, 2.75) is 19.4 Å². The molecule has 7 heteroatoms. The molecule has 1 N–H and O–H groups in total. The summed E-state index contributed by atoms with van der Waals surface area (Å²) in [5, 5.41) is 4.14. The van der Waals surface area contributed by atoms with E-state index in [1.807, 2.05) is 42.5 Å². The first-order chi connectivity index (χ1) is 12.6. The zero-order valence-corrected chi connectivity index (χ0v) is 15.5. The van der Waals surface area contributed by atoms with Gasteiger partial charge in [0.2, 0.25) is 0 Å². The quantitative estimate of drug-likeness (QED) is 0.626. The van der Waals surface area contributed by atoms with E-state index in [2.05, 4.69) is 10.3 Å². The number of nitrogens with one attached hydrogen (secondary N) is 1. The van der Waals surface area contributed by atoms with E-state index >= 15 is 0 Å². The van der Waals surface area contributed by atoms with Gasteiger partial charge in [-0.1, -0.05) is 41.9 Å². The van der Waals surface area contributed by atoms with Crippen LogP contribution in [0.25, 0.3) is 10.2 Å². The zero-order chi connectivity index (χ0) is 18.4. The molecule has 5 nitrogen and oxygen atoms in total. The highest BCUT2D eigenvalue weighted by molar-refractivity contribution is 7.18. The average molecular weight is 389 g/mol. The van der Waals surface area contributed by atoms with Crippen molar-refractivity contribution in [1.82, 2.24) is 10.3 Å². The van der Waals surface area contributed by atoms with Gasteiger partial charge in [-0.25, -0.2) is 4.98 Å². The summed E-state index contributed by atoms with van der Waals surface area (Å²) in [5.41, 5.74) is 1.74. The maximum absolute atomic E-state index is 11.8. The number of para-hydroxylation sites is 1. The molecular weight excluding hydrogens is 372 g/mol. The Morgan fingerprint density at radius 2 is 1.88 bits per heavy atom. The van der Waals surface area contributed by atoms with Gasteiger partial charge in [-0.2, -0.15) is 0 Å². The summed E-state index contributed by atoms with van der Waals surface area (Å²) in [4.78, 5) is 28.1. The van der Waals surface area contributed by atoms with Crippen molar-refractivity contribution in [3.63, 3.8) is 0 Å². The molecular formula is C19H17ClN2O3S. The van der Waals surface area contributed by atoms with Gasteiger partial charge in [-0.05, 0) is 23.8 Å². The van der Waals surface area contributed by atoms with Crippen LogP contribution >= 0.6 is 22.9 Å². The van der Waals surface area contributed by atoms with Crippen molar-refractivity contribution in [2.75, 3.05) is 6.61 Å². The number of aryl methyl sites for hydroxylation is 1. The topological polar surface area (TPSA) is 68.3 Å². The number of rotatable bonds is 7. The number of hydrogen-bond acceptors (Lipinski definition) is 5. The molecule has 0 bridgehead atoms. The monoisotopic (exact) mass is 388 g/mol. The lowest BCUT2D eigenvalue weighted by atomic mass is 10.2. The molecule has 0 atom stereocenters. The summed E-state index contributed by atoms with van der Waals surface area (Å²) >= 11 is 7.58. The summed E-state index contributed by atoms with van der Waals surface area (Å²) in [7, 11) is 0. The Kier molecular flexibility index (Phi) is 6.20. The third kappa shape index (κ3) is 5.03. The second kappa shape index (κ2) is 8.78. The number of ether oxygens (including phenoxy) is 1. The van der Waals surface area contributed by atoms with Gasteiger partial charge in [0.1, 0.15) is 0 Å². The number of hydrogen-bond donors (Lipinski definition) is 1. The molecule has 1 aromatic heterocycles. The molecule has 0 aliphatic carbocycles. The fourth-order valence-electron chi connectivity index (χ4n) is 2.34. The van der Waals surface area contributed by atoms with Crippen LogP contribution in [0, 0.1) is 0 Å². The maximum Gasteiger partial charge on any atom is 0.306 e.